The molecule has 2 aromatic carbocycles. The van der Waals surface area contributed by atoms with Crippen LogP contribution in [0.4, 0.5) is 5.69 Å². The van der Waals surface area contributed by atoms with Gasteiger partial charge in [0.2, 0.25) is 0 Å². The minimum atomic E-state index is -0.595. The highest BCUT2D eigenvalue weighted by atomic mass is 16.5. The number of amides is 1. The van der Waals surface area contributed by atoms with Gasteiger partial charge in [0.05, 0.1) is 24.3 Å². The topological polar surface area (TPSA) is 83.8 Å². The molecule has 1 aliphatic rings. The van der Waals surface area contributed by atoms with Crippen LogP contribution in [-0.2, 0) is 18.3 Å². The Labute approximate surface area is 168 Å². The maximum atomic E-state index is 13.0. The van der Waals surface area contributed by atoms with Gasteiger partial charge in [0.25, 0.3) is 11.5 Å². The van der Waals surface area contributed by atoms with Gasteiger partial charge < -0.3 is 24.6 Å². The molecule has 7 nitrogen and oxygen atoms in total. The van der Waals surface area contributed by atoms with Gasteiger partial charge in [0.15, 0.2) is 5.75 Å². The van der Waals surface area contributed by atoms with Gasteiger partial charge in [-0.05, 0) is 17.7 Å². The van der Waals surface area contributed by atoms with Crippen molar-refractivity contribution in [1.82, 2.24) is 9.88 Å². The summed E-state index contributed by atoms with van der Waals surface area (Å²) in [6.07, 6.45) is 0. The van der Waals surface area contributed by atoms with Crippen molar-refractivity contribution >= 4 is 22.5 Å². The Morgan fingerprint density at radius 2 is 1.79 bits per heavy atom. The van der Waals surface area contributed by atoms with E-state index in [2.05, 4.69) is 10.2 Å². The Hall–Kier alpha value is -3.32. The number of nitrogens with zero attached hydrogens (tertiary/aromatic N) is 2. The number of carbonyl (C=O) groups excluding carboxylic acids is 1. The Bertz CT molecular complexity index is 1120. The van der Waals surface area contributed by atoms with Crippen molar-refractivity contribution in [2.24, 2.45) is 7.05 Å². The van der Waals surface area contributed by atoms with Crippen LogP contribution >= 0.6 is 0 Å². The number of aromatic nitrogens is 1. The molecule has 0 atom stereocenters. The summed E-state index contributed by atoms with van der Waals surface area (Å²) >= 11 is 0. The SMILES string of the molecule is Cn1c(=O)c(O)c(C(=O)NCc2ccccc2N2CCOCC2)c2ccccc21. The summed E-state index contributed by atoms with van der Waals surface area (Å²) in [7, 11) is 1.57. The molecule has 0 bridgehead atoms. The molecule has 7 heteroatoms. The molecule has 1 fully saturated rings. The van der Waals surface area contributed by atoms with Crippen molar-refractivity contribution in [1.29, 1.82) is 0 Å². The van der Waals surface area contributed by atoms with Crippen LogP contribution in [0, 0.1) is 0 Å². The minimum absolute atomic E-state index is 0.00699. The van der Waals surface area contributed by atoms with Crippen LogP contribution in [-0.4, -0.2) is 41.9 Å². The Morgan fingerprint density at radius 3 is 2.59 bits per heavy atom. The van der Waals surface area contributed by atoms with E-state index in [-0.39, 0.29) is 12.1 Å². The van der Waals surface area contributed by atoms with Gasteiger partial charge in [0, 0.05) is 37.8 Å². The van der Waals surface area contributed by atoms with Gasteiger partial charge in [-0.2, -0.15) is 0 Å². The number of hydrogen-bond donors (Lipinski definition) is 2. The van der Waals surface area contributed by atoms with E-state index in [4.69, 9.17) is 4.74 Å². The Morgan fingerprint density at radius 1 is 1.10 bits per heavy atom. The Kier molecular flexibility index (Phi) is 5.22. The first-order chi connectivity index (χ1) is 14.1. The standard InChI is InChI=1S/C22H23N3O4/c1-24-18-9-5-3-7-16(18)19(20(26)22(24)28)21(27)23-14-15-6-2-4-8-17(15)25-10-12-29-13-11-25/h2-9,26H,10-14H2,1H3,(H,23,27). The molecule has 1 aromatic heterocycles. The lowest BCUT2D eigenvalue weighted by molar-refractivity contribution is 0.0949. The number of pyridine rings is 1. The highest BCUT2D eigenvalue weighted by molar-refractivity contribution is 6.08. The van der Waals surface area contributed by atoms with Crippen molar-refractivity contribution in [2.75, 3.05) is 31.2 Å². The smallest absolute Gasteiger partial charge is 0.293 e. The number of ether oxygens (including phenoxy) is 1. The van der Waals surface area contributed by atoms with Crippen LogP contribution in [0.25, 0.3) is 10.9 Å². The molecular weight excluding hydrogens is 370 g/mol. The van der Waals surface area contributed by atoms with Gasteiger partial charge in [-0.15, -0.1) is 0 Å². The van der Waals surface area contributed by atoms with Crippen molar-refractivity contribution < 1.29 is 14.6 Å². The predicted octanol–water partition coefficient (Wildman–Crippen LogP) is 2.01. The first-order valence-corrected chi connectivity index (χ1v) is 9.57. The first-order valence-electron chi connectivity index (χ1n) is 9.57. The summed E-state index contributed by atoms with van der Waals surface area (Å²) in [4.78, 5) is 27.5. The Balaban J connectivity index is 1.63. The molecule has 2 heterocycles. The normalized spacial score (nSPS) is 14.2. The largest absolute Gasteiger partial charge is 0.502 e. The zero-order valence-corrected chi connectivity index (χ0v) is 16.2. The summed E-state index contributed by atoms with van der Waals surface area (Å²) < 4.78 is 6.76. The van der Waals surface area contributed by atoms with Crippen molar-refractivity contribution in [2.45, 2.75) is 6.54 Å². The molecule has 2 N–H and O–H groups in total. The second-order valence-electron chi connectivity index (χ2n) is 7.02. The van der Waals surface area contributed by atoms with E-state index in [1.54, 1.807) is 31.3 Å². The maximum Gasteiger partial charge on any atom is 0.293 e. The lowest BCUT2D eigenvalue weighted by Gasteiger charge is -2.30. The number of benzene rings is 2. The van der Waals surface area contributed by atoms with Crippen LogP contribution in [0.3, 0.4) is 0 Å². The number of para-hydroxylation sites is 2. The van der Waals surface area contributed by atoms with Crippen molar-refractivity contribution in [3.63, 3.8) is 0 Å². The molecule has 1 amide bonds. The molecule has 4 rings (SSSR count). The lowest BCUT2D eigenvalue weighted by atomic mass is 10.1. The maximum absolute atomic E-state index is 13.0. The number of aromatic hydroxyl groups is 1. The highest BCUT2D eigenvalue weighted by Gasteiger charge is 2.21. The third-order valence-corrected chi connectivity index (χ3v) is 5.29. The van der Waals surface area contributed by atoms with E-state index in [0.717, 1.165) is 24.3 Å². The third kappa shape index (κ3) is 3.56. The first kappa shape index (κ1) is 19.0. The fourth-order valence-corrected chi connectivity index (χ4v) is 3.75. The molecular formula is C22H23N3O4. The molecule has 0 spiro atoms. The third-order valence-electron chi connectivity index (χ3n) is 5.29. The van der Waals surface area contributed by atoms with Crippen LogP contribution in [0.2, 0.25) is 0 Å². The number of rotatable bonds is 4. The summed E-state index contributed by atoms with van der Waals surface area (Å²) in [6.45, 7) is 3.23. The fourth-order valence-electron chi connectivity index (χ4n) is 3.75. The van der Waals surface area contributed by atoms with E-state index in [1.165, 1.54) is 4.57 Å². The molecule has 1 aliphatic heterocycles. The molecule has 1 saturated heterocycles. The number of nitrogens with one attached hydrogen (secondary N) is 1. The van der Waals surface area contributed by atoms with E-state index in [0.29, 0.717) is 24.1 Å². The number of morpholine rings is 1. The quantitative estimate of drug-likeness (QED) is 0.709. The molecule has 0 unspecified atom stereocenters. The molecule has 0 aliphatic carbocycles. The zero-order valence-electron chi connectivity index (χ0n) is 16.2. The average Bonchev–Trinajstić information content (AvgIpc) is 2.77. The van der Waals surface area contributed by atoms with E-state index < -0.39 is 17.2 Å². The van der Waals surface area contributed by atoms with Gasteiger partial charge in [0.1, 0.15) is 0 Å². The second-order valence-corrected chi connectivity index (χ2v) is 7.02. The van der Waals surface area contributed by atoms with Gasteiger partial charge in [-0.3, -0.25) is 9.59 Å². The fraction of sp³-hybridized carbons (Fsp3) is 0.273. The summed E-state index contributed by atoms with van der Waals surface area (Å²) in [5, 5.41) is 13.8. The minimum Gasteiger partial charge on any atom is -0.502 e. The number of carbonyl (C=O) groups is 1. The van der Waals surface area contributed by atoms with Crippen molar-refractivity contribution in [3.05, 3.63) is 70.0 Å². The monoisotopic (exact) mass is 393 g/mol. The molecule has 150 valence electrons. The van der Waals surface area contributed by atoms with Crippen LogP contribution < -0.4 is 15.8 Å². The summed E-state index contributed by atoms with van der Waals surface area (Å²) in [5.41, 5.74) is 2.02. The average molecular weight is 393 g/mol. The second kappa shape index (κ2) is 7.97. The lowest BCUT2D eigenvalue weighted by Crippen LogP contribution is -2.37. The van der Waals surface area contributed by atoms with Crippen LogP contribution in [0.5, 0.6) is 5.75 Å². The van der Waals surface area contributed by atoms with Crippen LogP contribution in [0.15, 0.2) is 53.3 Å². The zero-order chi connectivity index (χ0) is 20.4. The molecule has 0 saturated carbocycles. The van der Waals surface area contributed by atoms with E-state index >= 15 is 0 Å². The number of fused-ring (bicyclic) bond motifs is 1. The van der Waals surface area contributed by atoms with Crippen molar-refractivity contribution in [3.8, 4) is 5.75 Å². The van der Waals surface area contributed by atoms with Crippen LogP contribution in [0.1, 0.15) is 15.9 Å². The molecule has 0 radical (unpaired) electrons. The van der Waals surface area contributed by atoms with E-state index in [9.17, 15) is 14.7 Å². The summed E-state index contributed by atoms with van der Waals surface area (Å²) in [5.74, 6) is -1.02. The van der Waals surface area contributed by atoms with Gasteiger partial charge in [-0.25, -0.2) is 0 Å². The van der Waals surface area contributed by atoms with E-state index in [1.807, 2.05) is 24.3 Å². The predicted molar refractivity (Wildman–Crippen MR) is 111 cm³/mol. The number of hydrogen-bond acceptors (Lipinski definition) is 5. The van der Waals surface area contributed by atoms with Gasteiger partial charge >= 0.3 is 0 Å². The molecule has 29 heavy (non-hydrogen) atoms. The van der Waals surface area contributed by atoms with Gasteiger partial charge in [-0.1, -0.05) is 36.4 Å². The number of anilines is 1. The number of aryl methyl sites for hydroxylation is 1. The highest BCUT2D eigenvalue weighted by Crippen LogP contribution is 2.25. The molecule has 3 aromatic rings. The summed E-state index contributed by atoms with van der Waals surface area (Å²) in [6, 6.07) is 14.9.